The lowest BCUT2D eigenvalue weighted by atomic mass is 9.98. The number of rotatable bonds is 6. The molecule has 2 atom stereocenters. The Morgan fingerprint density at radius 2 is 2.25 bits per heavy atom. The molecule has 0 spiro atoms. The topological polar surface area (TPSA) is 41.6 Å². The zero-order valence-corrected chi connectivity index (χ0v) is 10.9. The molecule has 1 aliphatic heterocycles. The molecule has 1 saturated heterocycles. The van der Waals surface area contributed by atoms with E-state index >= 15 is 0 Å². The van der Waals surface area contributed by atoms with Crippen molar-refractivity contribution in [1.29, 1.82) is 0 Å². The summed E-state index contributed by atoms with van der Waals surface area (Å²) < 4.78 is 5.20. The van der Waals surface area contributed by atoms with Crippen molar-refractivity contribution in [1.82, 2.24) is 10.2 Å². The molecular weight excluding hydrogens is 204 g/mol. The number of methoxy groups -OCH3 is 1. The van der Waals surface area contributed by atoms with Crippen molar-refractivity contribution in [3.8, 4) is 0 Å². The maximum absolute atomic E-state index is 12.3. The third-order valence-corrected chi connectivity index (χ3v) is 3.50. The van der Waals surface area contributed by atoms with Crippen molar-refractivity contribution in [2.45, 2.75) is 51.6 Å². The Morgan fingerprint density at radius 1 is 1.56 bits per heavy atom. The predicted octanol–water partition coefficient (Wildman–Crippen LogP) is 1.36. The van der Waals surface area contributed by atoms with Gasteiger partial charge in [-0.3, -0.25) is 10.1 Å². The van der Waals surface area contributed by atoms with E-state index in [1.165, 1.54) is 0 Å². The largest absolute Gasteiger partial charge is 0.383 e. The van der Waals surface area contributed by atoms with E-state index in [9.17, 15) is 4.79 Å². The van der Waals surface area contributed by atoms with Crippen LogP contribution in [0.15, 0.2) is 0 Å². The van der Waals surface area contributed by atoms with E-state index < -0.39 is 0 Å². The van der Waals surface area contributed by atoms with Crippen LogP contribution in [0.2, 0.25) is 0 Å². The van der Waals surface area contributed by atoms with E-state index in [0.717, 1.165) is 19.3 Å². The summed E-state index contributed by atoms with van der Waals surface area (Å²) in [5, 5.41) is 3.30. The molecule has 4 heteroatoms. The van der Waals surface area contributed by atoms with E-state index in [1.807, 2.05) is 18.7 Å². The number of hydrogen-bond donors (Lipinski definition) is 1. The molecule has 0 aromatic rings. The molecule has 1 aliphatic rings. The van der Waals surface area contributed by atoms with Gasteiger partial charge < -0.3 is 9.64 Å². The van der Waals surface area contributed by atoms with Crippen molar-refractivity contribution >= 4 is 5.91 Å². The first-order chi connectivity index (χ1) is 7.59. The van der Waals surface area contributed by atoms with E-state index in [4.69, 9.17) is 4.74 Å². The van der Waals surface area contributed by atoms with Gasteiger partial charge in [0.1, 0.15) is 0 Å². The highest BCUT2D eigenvalue weighted by molar-refractivity contribution is 5.88. The first-order valence-electron chi connectivity index (χ1n) is 6.14. The van der Waals surface area contributed by atoms with Gasteiger partial charge in [0.25, 0.3) is 0 Å². The van der Waals surface area contributed by atoms with Crippen LogP contribution >= 0.6 is 0 Å². The lowest BCUT2D eigenvalue weighted by Crippen LogP contribution is -2.46. The van der Waals surface area contributed by atoms with Gasteiger partial charge in [-0.25, -0.2) is 0 Å². The number of carbonyl (C=O) groups excluding carboxylic acids is 1. The Bertz CT molecular complexity index is 239. The summed E-state index contributed by atoms with van der Waals surface area (Å²) in [7, 11) is 1.69. The average Bonchev–Trinajstić information content (AvgIpc) is 2.57. The van der Waals surface area contributed by atoms with Crippen LogP contribution in [0.4, 0.5) is 0 Å². The van der Waals surface area contributed by atoms with Crippen LogP contribution < -0.4 is 5.32 Å². The second-order valence-electron chi connectivity index (χ2n) is 4.69. The fourth-order valence-corrected chi connectivity index (χ4v) is 2.15. The Hall–Kier alpha value is -0.610. The van der Waals surface area contributed by atoms with E-state index in [2.05, 4.69) is 12.2 Å². The summed E-state index contributed by atoms with van der Waals surface area (Å²) in [5.74, 6) is 0.213. The SMILES string of the molecule is CCCC(COC)N1CNC(C)(CC)C1=O. The van der Waals surface area contributed by atoms with E-state index in [-0.39, 0.29) is 17.5 Å². The second kappa shape index (κ2) is 5.64. The third kappa shape index (κ3) is 2.55. The number of ether oxygens (including phenoxy) is 1. The van der Waals surface area contributed by atoms with Gasteiger partial charge in [0.05, 0.1) is 24.9 Å². The summed E-state index contributed by atoms with van der Waals surface area (Å²) in [5.41, 5.74) is -0.375. The smallest absolute Gasteiger partial charge is 0.243 e. The minimum atomic E-state index is -0.375. The normalized spacial score (nSPS) is 27.5. The molecule has 0 aromatic carbocycles. The molecule has 0 radical (unpaired) electrons. The molecule has 1 rings (SSSR count). The highest BCUT2D eigenvalue weighted by Crippen LogP contribution is 2.22. The quantitative estimate of drug-likeness (QED) is 0.746. The van der Waals surface area contributed by atoms with Crippen molar-refractivity contribution in [2.24, 2.45) is 0 Å². The lowest BCUT2D eigenvalue weighted by molar-refractivity contribution is -0.135. The van der Waals surface area contributed by atoms with Crippen LogP contribution in [0.25, 0.3) is 0 Å². The van der Waals surface area contributed by atoms with Gasteiger partial charge >= 0.3 is 0 Å². The second-order valence-corrected chi connectivity index (χ2v) is 4.69. The van der Waals surface area contributed by atoms with Gasteiger partial charge in [-0.15, -0.1) is 0 Å². The van der Waals surface area contributed by atoms with Gasteiger partial charge in [-0.1, -0.05) is 20.3 Å². The van der Waals surface area contributed by atoms with E-state index in [1.54, 1.807) is 7.11 Å². The Morgan fingerprint density at radius 3 is 2.69 bits per heavy atom. The summed E-state index contributed by atoms with van der Waals surface area (Å²) in [4.78, 5) is 14.2. The van der Waals surface area contributed by atoms with E-state index in [0.29, 0.717) is 13.3 Å². The van der Waals surface area contributed by atoms with Gasteiger partial charge in [-0.2, -0.15) is 0 Å². The third-order valence-electron chi connectivity index (χ3n) is 3.50. The van der Waals surface area contributed by atoms with Crippen molar-refractivity contribution in [2.75, 3.05) is 20.4 Å². The maximum Gasteiger partial charge on any atom is 0.243 e. The number of amides is 1. The monoisotopic (exact) mass is 228 g/mol. The molecule has 0 aliphatic carbocycles. The summed E-state index contributed by atoms with van der Waals surface area (Å²) in [6.45, 7) is 7.43. The highest BCUT2D eigenvalue weighted by atomic mass is 16.5. The summed E-state index contributed by atoms with van der Waals surface area (Å²) in [6, 6.07) is 0.211. The van der Waals surface area contributed by atoms with Gasteiger partial charge in [0.2, 0.25) is 5.91 Å². The van der Waals surface area contributed by atoms with Crippen molar-refractivity contribution in [3.05, 3.63) is 0 Å². The Labute approximate surface area is 98.3 Å². The van der Waals surface area contributed by atoms with Gasteiger partial charge in [0.15, 0.2) is 0 Å². The predicted molar refractivity (Wildman–Crippen MR) is 64.1 cm³/mol. The molecule has 0 aromatic heterocycles. The standard InChI is InChI=1S/C12H24N2O2/c1-5-7-10(8-16-4)14-9-13-12(3,6-2)11(14)15/h10,13H,5-9H2,1-4H3. The van der Waals surface area contributed by atoms with Crippen molar-refractivity contribution < 1.29 is 9.53 Å². The number of hydrogen-bond acceptors (Lipinski definition) is 3. The lowest BCUT2D eigenvalue weighted by Gasteiger charge is -2.28. The zero-order chi connectivity index (χ0) is 12.2. The minimum absolute atomic E-state index is 0.211. The van der Waals surface area contributed by atoms with Crippen LogP contribution in [-0.4, -0.2) is 42.8 Å². The fraction of sp³-hybridized carbons (Fsp3) is 0.917. The first kappa shape index (κ1) is 13.5. The molecule has 16 heavy (non-hydrogen) atoms. The van der Waals surface area contributed by atoms with Crippen LogP contribution in [0.1, 0.15) is 40.0 Å². The maximum atomic E-state index is 12.3. The minimum Gasteiger partial charge on any atom is -0.383 e. The Kier molecular flexibility index (Phi) is 4.74. The summed E-state index contributed by atoms with van der Waals surface area (Å²) >= 11 is 0. The fourth-order valence-electron chi connectivity index (χ4n) is 2.15. The van der Waals surface area contributed by atoms with Gasteiger partial charge in [-0.05, 0) is 19.8 Å². The molecule has 0 bridgehead atoms. The van der Waals surface area contributed by atoms with Gasteiger partial charge in [0, 0.05) is 7.11 Å². The number of carbonyl (C=O) groups is 1. The highest BCUT2D eigenvalue weighted by Gasteiger charge is 2.43. The molecular formula is C12H24N2O2. The molecule has 0 saturated carbocycles. The average molecular weight is 228 g/mol. The summed E-state index contributed by atoms with van der Waals surface area (Å²) in [6.07, 6.45) is 2.90. The molecule has 1 amide bonds. The molecule has 1 heterocycles. The molecule has 1 N–H and O–H groups in total. The zero-order valence-electron chi connectivity index (χ0n) is 10.9. The van der Waals surface area contributed by atoms with Crippen LogP contribution in [0.3, 0.4) is 0 Å². The van der Waals surface area contributed by atoms with Crippen LogP contribution in [-0.2, 0) is 9.53 Å². The van der Waals surface area contributed by atoms with Crippen LogP contribution in [0, 0.1) is 0 Å². The molecule has 94 valence electrons. The molecule has 4 nitrogen and oxygen atoms in total. The number of nitrogens with zero attached hydrogens (tertiary/aromatic N) is 1. The van der Waals surface area contributed by atoms with Crippen molar-refractivity contribution in [3.63, 3.8) is 0 Å². The number of nitrogens with one attached hydrogen (secondary N) is 1. The first-order valence-corrected chi connectivity index (χ1v) is 6.14. The molecule has 2 unspecified atom stereocenters. The van der Waals surface area contributed by atoms with Crippen LogP contribution in [0.5, 0.6) is 0 Å². The molecule has 1 fully saturated rings. The Balaban J connectivity index is 2.69.